The minimum absolute atomic E-state index is 0.537. The van der Waals surface area contributed by atoms with Gasteiger partial charge in [0.2, 0.25) is 5.95 Å². The van der Waals surface area contributed by atoms with Crippen LogP contribution in [0.15, 0.2) is 30.6 Å². The van der Waals surface area contributed by atoms with Crippen molar-refractivity contribution in [3.8, 4) is 6.07 Å². The number of H-pyrrole nitrogens is 1. The molecule has 22 heavy (non-hydrogen) atoms. The van der Waals surface area contributed by atoms with Crippen molar-refractivity contribution in [2.75, 3.05) is 37.6 Å². The highest BCUT2D eigenvalue weighted by Gasteiger charge is 2.21. The average molecular weight is 298 g/mol. The summed E-state index contributed by atoms with van der Waals surface area (Å²) in [4.78, 5) is 8.54. The third-order valence-electron chi connectivity index (χ3n) is 3.93. The van der Waals surface area contributed by atoms with Gasteiger partial charge < -0.3 is 10.0 Å². The molecule has 1 atom stereocenters. The summed E-state index contributed by atoms with van der Waals surface area (Å²) in [6.45, 7) is 4.04. The molecule has 0 bridgehead atoms. The van der Waals surface area contributed by atoms with Crippen LogP contribution in [-0.4, -0.2) is 57.9 Å². The molecule has 114 valence electrons. The first kappa shape index (κ1) is 14.5. The summed E-state index contributed by atoms with van der Waals surface area (Å²) < 4.78 is 0. The fourth-order valence-electron chi connectivity index (χ4n) is 2.62. The van der Waals surface area contributed by atoms with Crippen LogP contribution < -0.4 is 4.90 Å². The van der Waals surface area contributed by atoms with Gasteiger partial charge in [-0.15, -0.1) is 0 Å². The van der Waals surface area contributed by atoms with Crippen molar-refractivity contribution in [3.63, 3.8) is 0 Å². The van der Waals surface area contributed by atoms with E-state index in [1.165, 1.54) is 6.33 Å². The van der Waals surface area contributed by atoms with Crippen LogP contribution in [-0.2, 0) is 0 Å². The zero-order valence-electron chi connectivity index (χ0n) is 12.2. The Bertz CT molecular complexity index is 625. The first-order chi connectivity index (χ1) is 10.8. The Labute approximate surface area is 128 Å². The van der Waals surface area contributed by atoms with E-state index in [0.29, 0.717) is 12.1 Å². The lowest BCUT2D eigenvalue weighted by atomic mass is 10.1. The monoisotopic (exact) mass is 298 g/mol. The molecule has 1 unspecified atom stereocenters. The van der Waals surface area contributed by atoms with E-state index in [4.69, 9.17) is 5.26 Å². The van der Waals surface area contributed by atoms with Crippen molar-refractivity contribution in [1.29, 1.82) is 5.26 Å². The third kappa shape index (κ3) is 3.24. The minimum atomic E-state index is -0.537. The fourth-order valence-corrected chi connectivity index (χ4v) is 2.62. The van der Waals surface area contributed by atoms with Gasteiger partial charge in [-0.05, 0) is 17.7 Å². The molecule has 0 amide bonds. The van der Waals surface area contributed by atoms with Crippen LogP contribution >= 0.6 is 0 Å². The maximum Gasteiger partial charge on any atom is 0.221 e. The molecule has 2 aromatic rings. The van der Waals surface area contributed by atoms with Gasteiger partial charge in [-0.2, -0.15) is 15.3 Å². The molecule has 1 aromatic carbocycles. The molecule has 2 N–H and O–H groups in total. The second kappa shape index (κ2) is 6.56. The summed E-state index contributed by atoms with van der Waals surface area (Å²) in [6, 6.07) is 9.18. The lowest BCUT2D eigenvalue weighted by molar-refractivity contribution is 0.109. The topological polar surface area (TPSA) is 92.1 Å². The van der Waals surface area contributed by atoms with Crippen LogP contribution in [0.1, 0.15) is 17.2 Å². The number of aliphatic hydroxyl groups excluding tert-OH is 1. The van der Waals surface area contributed by atoms with Crippen LogP contribution in [0, 0.1) is 11.3 Å². The summed E-state index contributed by atoms with van der Waals surface area (Å²) in [5.41, 5.74) is 1.45. The van der Waals surface area contributed by atoms with Crippen molar-refractivity contribution in [2.24, 2.45) is 0 Å². The van der Waals surface area contributed by atoms with E-state index in [9.17, 15) is 5.11 Å². The molecule has 0 radical (unpaired) electrons. The van der Waals surface area contributed by atoms with E-state index in [1.807, 2.05) is 12.1 Å². The number of β-amino-alcohol motifs (C(OH)–C–C–N with tert-alkyl or cyclic N) is 1. The van der Waals surface area contributed by atoms with Crippen LogP contribution in [0.3, 0.4) is 0 Å². The summed E-state index contributed by atoms with van der Waals surface area (Å²) in [6.07, 6.45) is 0.973. The molecule has 1 aliphatic heterocycles. The predicted octanol–water partition coefficient (Wildman–Crippen LogP) is 0.532. The Morgan fingerprint density at radius 2 is 1.95 bits per heavy atom. The molecular formula is C15H18N6O. The number of hydrogen-bond acceptors (Lipinski definition) is 6. The van der Waals surface area contributed by atoms with E-state index in [1.54, 1.807) is 12.1 Å². The summed E-state index contributed by atoms with van der Waals surface area (Å²) in [7, 11) is 0. The Kier molecular flexibility index (Phi) is 4.32. The number of hydrogen-bond donors (Lipinski definition) is 2. The highest BCUT2D eigenvalue weighted by Crippen LogP contribution is 2.17. The lowest BCUT2D eigenvalue weighted by Crippen LogP contribution is -2.47. The molecule has 1 fully saturated rings. The van der Waals surface area contributed by atoms with E-state index in [2.05, 4.69) is 31.1 Å². The van der Waals surface area contributed by atoms with Crippen molar-refractivity contribution in [1.82, 2.24) is 20.1 Å². The highest BCUT2D eigenvalue weighted by atomic mass is 16.3. The van der Waals surface area contributed by atoms with Crippen LogP contribution in [0.5, 0.6) is 0 Å². The second-order valence-electron chi connectivity index (χ2n) is 5.35. The number of nitrogens with one attached hydrogen (secondary N) is 1. The number of nitriles is 1. The smallest absolute Gasteiger partial charge is 0.221 e. The van der Waals surface area contributed by atoms with Gasteiger partial charge in [0.25, 0.3) is 0 Å². The summed E-state index contributed by atoms with van der Waals surface area (Å²) in [5.74, 6) is 0.798. The molecule has 1 aliphatic rings. The maximum atomic E-state index is 10.3. The van der Waals surface area contributed by atoms with Gasteiger partial charge in [-0.3, -0.25) is 4.90 Å². The van der Waals surface area contributed by atoms with Gasteiger partial charge in [0.15, 0.2) is 0 Å². The molecule has 3 rings (SSSR count). The summed E-state index contributed by atoms with van der Waals surface area (Å²) >= 11 is 0. The molecule has 2 heterocycles. The second-order valence-corrected chi connectivity index (χ2v) is 5.35. The number of aromatic nitrogens is 3. The normalized spacial score (nSPS) is 17.2. The quantitative estimate of drug-likeness (QED) is 0.855. The largest absolute Gasteiger partial charge is 0.387 e. The Balaban J connectivity index is 1.52. The predicted molar refractivity (Wildman–Crippen MR) is 81.2 cm³/mol. The fraction of sp³-hybridized carbons (Fsp3) is 0.400. The highest BCUT2D eigenvalue weighted by molar-refractivity contribution is 5.32. The SMILES string of the molecule is N#Cc1ccc(C(O)CN2CCN(c3ncn[nH]3)CC2)cc1. The Morgan fingerprint density at radius 3 is 2.55 bits per heavy atom. The van der Waals surface area contributed by atoms with Crippen LogP contribution in [0.4, 0.5) is 5.95 Å². The lowest BCUT2D eigenvalue weighted by Gasteiger charge is -2.35. The van der Waals surface area contributed by atoms with E-state index < -0.39 is 6.10 Å². The number of aliphatic hydroxyl groups is 1. The van der Waals surface area contributed by atoms with Crippen LogP contribution in [0.25, 0.3) is 0 Å². The van der Waals surface area contributed by atoms with Gasteiger partial charge in [-0.25, -0.2) is 5.10 Å². The molecule has 1 saturated heterocycles. The minimum Gasteiger partial charge on any atom is -0.387 e. The molecular weight excluding hydrogens is 280 g/mol. The molecule has 7 heteroatoms. The Morgan fingerprint density at radius 1 is 1.23 bits per heavy atom. The zero-order valence-corrected chi connectivity index (χ0v) is 12.2. The van der Waals surface area contributed by atoms with Crippen LogP contribution in [0.2, 0.25) is 0 Å². The van der Waals surface area contributed by atoms with Crippen molar-refractivity contribution in [2.45, 2.75) is 6.10 Å². The van der Waals surface area contributed by atoms with E-state index in [-0.39, 0.29) is 0 Å². The molecule has 7 nitrogen and oxygen atoms in total. The number of nitrogens with zero attached hydrogens (tertiary/aromatic N) is 5. The maximum absolute atomic E-state index is 10.3. The van der Waals surface area contributed by atoms with Crippen molar-refractivity contribution in [3.05, 3.63) is 41.7 Å². The third-order valence-corrected chi connectivity index (χ3v) is 3.93. The van der Waals surface area contributed by atoms with Crippen molar-refractivity contribution >= 4 is 5.95 Å². The number of benzene rings is 1. The number of rotatable bonds is 4. The first-order valence-corrected chi connectivity index (χ1v) is 7.27. The van der Waals surface area contributed by atoms with Gasteiger partial charge in [0.1, 0.15) is 6.33 Å². The first-order valence-electron chi connectivity index (χ1n) is 7.27. The zero-order chi connectivity index (χ0) is 15.4. The van der Waals surface area contributed by atoms with Gasteiger partial charge in [-0.1, -0.05) is 12.1 Å². The van der Waals surface area contributed by atoms with E-state index in [0.717, 1.165) is 37.7 Å². The van der Waals surface area contributed by atoms with E-state index >= 15 is 0 Å². The Hall–Kier alpha value is -2.43. The van der Waals surface area contributed by atoms with Crippen molar-refractivity contribution < 1.29 is 5.11 Å². The number of anilines is 1. The standard InChI is InChI=1S/C15H18N6O/c16-9-12-1-3-13(4-2-12)14(22)10-20-5-7-21(8-6-20)15-17-11-18-19-15/h1-4,11,14,22H,5-8,10H2,(H,17,18,19). The van der Waals surface area contributed by atoms with Gasteiger partial charge >= 0.3 is 0 Å². The average Bonchev–Trinajstić information content (AvgIpc) is 3.10. The van der Waals surface area contributed by atoms with Gasteiger partial charge in [0.05, 0.1) is 17.7 Å². The number of piperazine rings is 1. The molecule has 0 spiro atoms. The number of aromatic amines is 1. The molecule has 0 saturated carbocycles. The molecule has 1 aromatic heterocycles. The summed E-state index contributed by atoms with van der Waals surface area (Å²) in [5, 5.41) is 25.8. The molecule has 0 aliphatic carbocycles. The van der Waals surface area contributed by atoms with Gasteiger partial charge in [0, 0.05) is 32.7 Å².